The van der Waals surface area contributed by atoms with Gasteiger partial charge in [0.2, 0.25) is 5.75 Å². The van der Waals surface area contributed by atoms with Gasteiger partial charge in [-0.1, -0.05) is 34.1 Å². The number of hydrogen-bond donors (Lipinski definition) is 0. The second kappa shape index (κ2) is 9.19. The molecule has 3 rings (SSSR count). The normalized spacial score (nSPS) is 11.7. The summed E-state index contributed by atoms with van der Waals surface area (Å²) in [5.74, 6) is -0.157. The summed E-state index contributed by atoms with van der Waals surface area (Å²) in [6, 6.07) is 12.9. The number of nitrogens with zero attached hydrogens (tertiary/aromatic N) is 2. The Kier molecular flexibility index (Phi) is 6.80. The van der Waals surface area contributed by atoms with Gasteiger partial charge in [-0.3, -0.25) is 15.1 Å². The second-order valence-corrected chi connectivity index (χ2v) is 8.16. The van der Waals surface area contributed by atoms with Gasteiger partial charge >= 0.3 is 11.9 Å². The van der Waals surface area contributed by atoms with Gasteiger partial charge in [0.25, 0.3) is 0 Å². The van der Waals surface area contributed by atoms with E-state index >= 15 is 0 Å². The zero-order chi connectivity index (χ0) is 22.8. The zero-order valence-corrected chi connectivity index (χ0v) is 19.0. The van der Waals surface area contributed by atoms with Crippen molar-refractivity contribution in [2.45, 2.75) is 13.1 Å². The molecule has 0 N–H and O–H groups in total. The molecule has 31 heavy (non-hydrogen) atoms. The maximum absolute atomic E-state index is 13.0. The predicted octanol–water partition coefficient (Wildman–Crippen LogP) is 7.99. The molecule has 0 spiro atoms. The van der Waals surface area contributed by atoms with Crippen LogP contribution in [0.15, 0.2) is 68.5 Å². The predicted molar refractivity (Wildman–Crippen MR) is 118 cm³/mol. The van der Waals surface area contributed by atoms with E-state index in [-0.39, 0.29) is 11.5 Å². The van der Waals surface area contributed by atoms with Gasteiger partial charge in [0.15, 0.2) is 5.75 Å². The van der Waals surface area contributed by atoms with Crippen LogP contribution in [-0.2, 0) is 6.18 Å². The quantitative estimate of drug-likeness (QED) is 0.181. The molecule has 5 nitrogen and oxygen atoms in total. The molecular weight excluding hydrogens is 545 g/mol. The molecule has 0 aliphatic carbocycles. The number of halogens is 5. The summed E-state index contributed by atoms with van der Waals surface area (Å²) < 4.78 is 45.7. The summed E-state index contributed by atoms with van der Waals surface area (Å²) in [6.45, 7) is 1.90. The Labute approximate surface area is 192 Å². The fourth-order valence-electron chi connectivity index (χ4n) is 2.66. The summed E-state index contributed by atoms with van der Waals surface area (Å²) in [5.41, 5.74) is 0.173. The third kappa shape index (κ3) is 5.50. The monoisotopic (exact) mass is 556 g/mol. The Hall–Kier alpha value is -2.72. The first-order chi connectivity index (χ1) is 14.6. The number of aliphatic imine (C=N–C) groups is 1. The van der Waals surface area contributed by atoms with Crippen LogP contribution in [0.25, 0.3) is 0 Å². The topological polar surface area (TPSA) is 64.7 Å². The van der Waals surface area contributed by atoms with E-state index in [2.05, 4.69) is 36.9 Å². The number of nitro groups is 1. The number of nitro benzene ring substituents is 1. The van der Waals surface area contributed by atoms with Crippen molar-refractivity contribution in [2.75, 3.05) is 0 Å². The SMILES string of the molecule is Cc1ccccc1N=Cc1cc(Br)cc(Br)c1Oc1ccc(C(F)(F)F)cc1[N+](=O)[O-]. The second-order valence-electron chi connectivity index (χ2n) is 6.39. The van der Waals surface area contributed by atoms with E-state index in [1.165, 1.54) is 6.21 Å². The van der Waals surface area contributed by atoms with Gasteiger partial charge < -0.3 is 4.74 Å². The summed E-state index contributed by atoms with van der Waals surface area (Å²) >= 11 is 6.70. The number of aryl methyl sites for hydroxylation is 1. The Morgan fingerprint density at radius 2 is 1.81 bits per heavy atom. The molecule has 3 aromatic rings. The van der Waals surface area contributed by atoms with Crippen molar-refractivity contribution in [1.82, 2.24) is 0 Å². The molecule has 0 radical (unpaired) electrons. The van der Waals surface area contributed by atoms with Crippen LogP contribution in [0.2, 0.25) is 0 Å². The Balaban J connectivity index is 2.06. The van der Waals surface area contributed by atoms with Crippen molar-refractivity contribution in [3.8, 4) is 11.5 Å². The van der Waals surface area contributed by atoms with E-state index in [1.54, 1.807) is 12.1 Å². The number of hydrogen-bond acceptors (Lipinski definition) is 4. The minimum Gasteiger partial charge on any atom is -0.448 e. The average molecular weight is 558 g/mol. The van der Waals surface area contributed by atoms with Crippen LogP contribution < -0.4 is 4.74 Å². The molecule has 0 aromatic heterocycles. The van der Waals surface area contributed by atoms with E-state index in [4.69, 9.17) is 4.74 Å². The van der Waals surface area contributed by atoms with Gasteiger partial charge in [-0.2, -0.15) is 13.2 Å². The molecule has 0 unspecified atom stereocenters. The van der Waals surface area contributed by atoms with Crippen molar-refractivity contribution in [3.63, 3.8) is 0 Å². The Morgan fingerprint density at radius 3 is 2.45 bits per heavy atom. The van der Waals surface area contributed by atoms with Crippen LogP contribution in [0.3, 0.4) is 0 Å². The number of alkyl halides is 3. The molecule has 0 amide bonds. The highest BCUT2D eigenvalue weighted by molar-refractivity contribution is 9.11. The lowest BCUT2D eigenvalue weighted by atomic mass is 10.1. The smallest absolute Gasteiger partial charge is 0.416 e. The lowest BCUT2D eigenvalue weighted by molar-refractivity contribution is -0.385. The summed E-state index contributed by atoms with van der Waals surface area (Å²) in [5, 5.41) is 11.4. The number of benzene rings is 3. The molecule has 0 saturated carbocycles. The van der Waals surface area contributed by atoms with Gasteiger partial charge in [-0.05, 0) is 58.7 Å². The lowest BCUT2D eigenvalue weighted by Crippen LogP contribution is -2.06. The molecule has 0 fully saturated rings. The Bertz CT molecular complexity index is 1180. The lowest BCUT2D eigenvalue weighted by Gasteiger charge is -2.13. The standard InChI is InChI=1S/C21H13Br2F3N2O3/c1-12-4-2-3-5-17(12)27-11-13-8-15(22)10-16(23)20(13)31-19-7-6-14(21(24,25)26)9-18(19)28(29)30/h2-11H,1H3. The molecule has 0 heterocycles. The maximum atomic E-state index is 13.0. The van der Waals surface area contributed by atoms with Gasteiger partial charge in [0, 0.05) is 22.3 Å². The molecule has 10 heteroatoms. The molecule has 3 aromatic carbocycles. The zero-order valence-electron chi connectivity index (χ0n) is 15.8. The van der Waals surface area contributed by atoms with E-state index in [1.807, 2.05) is 31.2 Å². The minimum absolute atomic E-state index is 0.170. The molecule has 0 aliphatic rings. The number of rotatable bonds is 5. The first-order valence-electron chi connectivity index (χ1n) is 8.68. The van der Waals surface area contributed by atoms with Crippen LogP contribution in [0, 0.1) is 17.0 Å². The van der Waals surface area contributed by atoms with Gasteiger partial charge in [-0.25, -0.2) is 0 Å². The third-order valence-corrected chi connectivity index (χ3v) is 5.24. The Morgan fingerprint density at radius 1 is 1.10 bits per heavy atom. The van der Waals surface area contributed by atoms with Crippen molar-refractivity contribution >= 4 is 49.4 Å². The average Bonchev–Trinajstić information content (AvgIpc) is 2.68. The van der Waals surface area contributed by atoms with Gasteiger partial charge in [0.05, 0.1) is 20.6 Å². The van der Waals surface area contributed by atoms with Crippen LogP contribution in [0.5, 0.6) is 11.5 Å². The number of para-hydroxylation sites is 1. The fraction of sp³-hybridized carbons (Fsp3) is 0.0952. The largest absolute Gasteiger partial charge is 0.448 e. The van der Waals surface area contributed by atoms with Crippen LogP contribution in [-0.4, -0.2) is 11.1 Å². The number of ether oxygens (including phenoxy) is 1. The van der Waals surface area contributed by atoms with E-state index in [0.717, 1.165) is 17.7 Å². The van der Waals surface area contributed by atoms with Crippen LogP contribution >= 0.6 is 31.9 Å². The third-order valence-electron chi connectivity index (χ3n) is 4.19. The molecular formula is C21H13Br2F3N2O3. The maximum Gasteiger partial charge on any atom is 0.416 e. The summed E-state index contributed by atoms with van der Waals surface area (Å²) in [4.78, 5) is 14.9. The highest BCUT2D eigenvalue weighted by Crippen LogP contribution is 2.41. The summed E-state index contributed by atoms with van der Waals surface area (Å²) in [7, 11) is 0. The highest BCUT2D eigenvalue weighted by Gasteiger charge is 2.33. The fourth-order valence-corrected chi connectivity index (χ4v) is 4.00. The highest BCUT2D eigenvalue weighted by atomic mass is 79.9. The minimum atomic E-state index is -4.72. The van der Waals surface area contributed by atoms with Crippen molar-refractivity contribution in [2.24, 2.45) is 4.99 Å². The van der Waals surface area contributed by atoms with Crippen molar-refractivity contribution < 1.29 is 22.8 Å². The molecule has 0 saturated heterocycles. The first kappa shape index (κ1) is 23.0. The molecule has 0 bridgehead atoms. The molecule has 0 atom stereocenters. The van der Waals surface area contributed by atoms with Crippen molar-refractivity contribution in [3.05, 3.63) is 90.3 Å². The van der Waals surface area contributed by atoms with E-state index < -0.39 is 22.4 Å². The molecule has 0 aliphatic heterocycles. The van der Waals surface area contributed by atoms with Gasteiger partial charge in [-0.15, -0.1) is 0 Å². The van der Waals surface area contributed by atoms with Crippen molar-refractivity contribution in [1.29, 1.82) is 0 Å². The molecule has 160 valence electrons. The van der Waals surface area contributed by atoms with E-state index in [0.29, 0.717) is 26.3 Å². The summed E-state index contributed by atoms with van der Waals surface area (Å²) in [6.07, 6.45) is -3.20. The van der Waals surface area contributed by atoms with Gasteiger partial charge in [0.1, 0.15) is 0 Å². The van der Waals surface area contributed by atoms with Crippen LogP contribution in [0.1, 0.15) is 16.7 Å². The van der Waals surface area contributed by atoms with E-state index in [9.17, 15) is 23.3 Å². The van der Waals surface area contributed by atoms with Crippen LogP contribution in [0.4, 0.5) is 24.5 Å². The first-order valence-corrected chi connectivity index (χ1v) is 10.3.